The molecular formula is C18H19NO2S. The Morgan fingerprint density at radius 3 is 2.64 bits per heavy atom. The standard InChI is InChI=1S/C18H19NO2S/c1-19(2)11-17-15-9-8-14(10-16(15)18(20)22-17)21-12-13-6-4-3-5-7-13/h3-10,17H,11-12H2,1-2H3. The van der Waals surface area contributed by atoms with Crippen molar-refractivity contribution in [2.75, 3.05) is 20.6 Å². The van der Waals surface area contributed by atoms with Crippen LogP contribution in [0.3, 0.4) is 0 Å². The number of rotatable bonds is 5. The molecule has 0 spiro atoms. The van der Waals surface area contributed by atoms with Crippen LogP contribution < -0.4 is 4.74 Å². The van der Waals surface area contributed by atoms with Crippen LogP contribution in [0.25, 0.3) is 0 Å². The number of nitrogens with zero attached hydrogens (tertiary/aromatic N) is 1. The maximum atomic E-state index is 12.2. The van der Waals surface area contributed by atoms with Gasteiger partial charge in [-0.3, -0.25) is 4.79 Å². The van der Waals surface area contributed by atoms with Crippen molar-refractivity contribution in [1.29, 1.82) is 0 Å². The minimum Gasteiger partial charge on any atom is -0.489 e. The molecule has 3 rings (SSSR count). The summed E-state index contributed by atoms with van der Waals surface area (Å²) in [5, 5.41) is 0.368. The van der Waals surface area contributed by atoms with Crippen LogP contribution in [0.1, 0.15) is 26.7 Å². The number of thioether (sulfide) groups is 1. The summed E-state index contributed by atoms with van der Waals surface area (Å²) in [6, 6.07) is 15.9. The SMILES string of the molecule is CN(C)CC1SC(=O)c2cc(OCc3ccccc3)ccc21. The number of likely N-dealkylation sites (N-methyl/N-ethyl adjacent to an activating group) is 1. The lowest BCUT2D eigenvalue weighted by molar-refractivity contribution is 0.109. The third-order valence-corrected chi connectivity index (χ3v) is 4.74. The number of benzene rings is 2. The molecule has 4 heteroatoms. The summed E-state index contributed by atoms with van der Waals surface area (Å²) in [6.07, 6.45) is 0. The van der Waals surface area contributed by atoms with Crippen LogP contribution in [0.4, 0.5) is 0 Å². The van der Waals surface area contributed by atoms with Crippen LogP contribution in [0.5, 0.6) is 5.75 Å². The normalized spacial score (nSPS) is 16.9. The molecule has 3 nitrogen and oxygen atoms in total. The number of carbonyl (C=O) groups is 1. The van der Waals surface area contributed by atoms with Gasteiger partial charge in [-0.25, -0.2) is 0 Å². The topological polar surface area (TPSA) is 29.5 Å². The summed E-state index contributed by atoms with van der Waals surface area (Å²) < 4.78 is 5.81. The first-order valence-electron chi connectivity index (χ1n) is 7.30. The molecule has 114 valence electrons. The molecule has 0 saturated carbocycles. The first-order valence-corrected chi connectivity index (χ1v) is 8.18. The molecule has 0 fully saturated rings. The van der Waals surface area contributed by atoms with Crippen molar-refractivity contribution in [3.8, 4) is 5.75 Å². The Bertz CT molecular complexity index is 670. The van der Waals surface area contributed by atoms with Gasteiger partial charge in [0, 0.05) is 12.1 Å². The van der Waals surface area contributed by atoms with E-state index >= 15 is 0 Å². The Balaban J connectivity index is 1.74. The van der Waals surface area contributed by atoms with Crippen molar-refractivity contribution in [3.05, 3.63) is 65.2 Å². The van der Waals surface area contributed by atoms with E-state index in [9.17, 15) is 4.79 Å². The molecule has 0 amide bonds. The fraction of sp³-hybridized carbons (Fsp3) is 0.278. The second-order valence-electron chi connectivity index (χ2n) is 5.68. The zero-order valence-corrected chi connectivity index (χ0v) is 13.6. The van der Waals surface area contributed by atoms with E-state index in [0.717, 1.165) is 29.0 Å². The number of carbonyl (C=O) groups excluding carboxylic acids is 1. The van der Waals surface area contributed by atoms with Crippen LogP contribution in [0.2, 0.25) is 0 Å². The summed E-state index contributed by atoms with van der Waals surface area (Å²) in [7, 11) is 4.06. The molecule has 0 saturated heterocycles. The van der Waals surface area contributed by atoms with Gasteiger partial charge >= 0.3 is 0 Å². The van der Waals surface area contributed by atoms with Gasteiger partial charge in [0.2, 0.25) is 5.12 Å². The van der Waals surface area contributed by atoms with Gasteiger partial charge in [0.25, 0.3) is 0 Å². The van der Waals surface area contributed by atoms with Crippen LogP contribution >= 0.6 is 11.8 Å². The highest BCUT2D eigenvalue weighted by Gasteiger charge is 2.30. The van der Waals surface area contributed by atoms with E-state index in [-0.39, 0.29) is 10.4 Å². The van der Waals surface area contributed by atoms with Crippen molar-refractivity contribution in [2.45, 2.75) is 11.9 Å². The average molecular weight is 313 g/mol. The Hall–Kier alpha value is -1.78. The van der Waals surface area contributed by atoms with Gasteiger partial charge in [-0.15, -0.1) is 0 Å². The summed E-state index contributed by atoms with van der Waals surface area (Å²) in [5.74, 6) is 0.752. The first kappa shape index (κ1) is 15.1. The van der Waals surface area contributed by atoms with E-state index in [2.05, 4.69) is 4.90 Å². The van der Waals surface area contributed by atoms with E-state index < -0.39 is 0 Å². The number of ether oxygens (including phenoxy) is 1. The second-order valence-corrected chi connectivity index (χ2v) is 6.86. The number of hydrogen-bond donors (Lipinski definition) is 0. The van der Waals surface area contributed by atoms with Crippen molar-refractivity contribution in [2.24, 2.45) is 0 Å². The molecule has 1 atom stereocenters. The molecule has 1 unspecified atom stereocenters. The molecule has 0 bridgehead atoms. The molecule has 0 aliphatic carbocycles. The molecule has 22 heavy (non-hydrogen) atoms. The number of fused-ring (bicyclic) bond motifs is 1. The fourth-order valence-corrected chi connectivity index (χ4v) is 3.81. The van der Waals surface area contributed by atoms with Crippen molar-refractivity contribution < 1.29 is 9.53 Å². The third-order valence-electron chi connectivity index (χ3n) is 3.62. The minimum absolute atomic E-state index is 0.145. The highest BCUT2D eigenvalue weighted by Crippen LogP contribution is 2.43. The highest BCUT2D eigenvalue weighted by molar-refractivity contribution is 8.14. The number of hydrogen-bond acceptors (Lipinski definition) is 4. The summed E-state index contributed by atoms with van der Waals surface area (Å²) in [6.45, 7) is 1.38. The fourth-order valence-electron chi connectivity index (χ4n) is 2.55. The Morgan fingerprint density at radius 1 is 1.14 bits per heavy atom. The van der Waals surface area contributed by atoms with Gasteiger partial charge in [0.15, 0.2) is 0 Å². The Labute approximate surface area is 135 Å². The van der Waals surface area contributed by atoms with E-state index in [0.29, 0.717) is 6.61 Å². The summed E-state index contributed by atoms with van der Waals surface area (Å²) >= 11 is 1.41. The predicted molar refractivity (Wildman–Crippen MR) is 90.4 cm³/mol. The largest absolute Gasteiger partial charge is 0.489 e. The zero-order chi connectivity index (χ0) is 15.5. The van der Waals surface area contributed by atoms with Gasteiger partial charge < -0.3 is 9.64 Å². The third kappa shape index (κ3) is 3.34. The molecule has 2 aromatic rings. The molecule has 2 aromatic carbocycles. The Morgan fingerprint density at radius 2 is 1.91 bits per heavy atom. The van der Waals surface area contributed by atoms with Crippen molar-refractivity contribution in [1.82, 2.24) is 4.90 Å². The monoisotopic (exact) mass is 313 g/mol. The van der Waals surface area contributed by atoms with E-state index in [4.69, 9.17) is 4.74 Å². The van der Waals surface area contributed by atoms with Gasteiger partial charge in [-0.2, -0.15) is 0 Å². The average Bonchev–Trinajstić information content (AvgIpc) is 2.81. The first-order chi connectivity index (χ1) is 10.6. The van der Waals surface area contributed by atoms with Crippen LogP contribution in [0.15, 0.2) is 48.5 Å². The molecule has 1 aliphatic rings. The lowest BCUT2D eigenvalue weighted by Crippen LogP contribution is -2.17. The molecule has 1 aliphatic heterocycles. The van der Waals surface area contributed by atoms with E-state index in [1.54, 1.807) is 0 Å². The van der Waals surface area contributed by atoms with Gasteiger partial charge in [-0.05, 0) is 37.4 Å². The summed E-state index contributed by atoms with van der Waals surface area (Å²) in [5.41, 5.74) is 3.03. The maximum Gasteiger partial charge on any atom is 0.220 e. The second kappa shape index (κ2) is 6.55. The molecule has 1 heterocycles. The van der Waals surface area contributed by atoms with Crippen molar-refractivity contribution in [3.63, 3.8) is 0 Å². The lowest BCUT2D eigenvalue weighted by Gasteiger charge is -2.15. The van der Waals surface area contributed by atoms with Crippen LogP contribution in [0, 0.1) is 0 Å². The molecule has 0 N–H and O–H groups in total. The van der Waals surface area contributed by atoms with Gasteiger partial charge in [-0.1, -0.05) is 48.2 Å². The smallest absolute Gasteiger partial charge is 0.220 e. The molecular weight excluding hydrogens is 294 g/mol. The maximum absolute atomic E-state index is 12.2. The quantitative estimate of drug-likeness (QED) is 0.841. The summed E-state index contributed by atoms with van der Waals surface area (Å²) in [4.78, 5) is 14.3. The molecule has 0 aromatic heterocycles. The van der Waals surface area contributed by atoms with E-state index in [1.807, 2.05) is 62.6 Å². The Kier molecular flexibility index (Phi) is 4.50. The van der Waals surface area contributed by atoms with E-state index in [1.165, 1.54) is 11.8 Å². The van der Waals surface area contributed by atoms with Crippen LogP contribution in [-0.2, 0) is 6.61 Å². The minimum atomic E-state index is 0.145. The lowest BCUT2D eigenvalue weighted by atomic mass is 10.0. The molecule has 0 radical (unpaired) electrons. The van der Waals surface area contributed by atoms with Gasteiger partial charge in [0.1, 0.15) is 12.4 Å². The predicted octanol–water partition coefficient (Wildman–Crippen LogP) is 3.76. The zero-order valence-electron chi connectivity index (χ0n) is 12.8. The van der Waals surface area contributed by atoms with Crippen LogP contribution in [-0.4, -0.2) is 30.7 Å². The van der Waals surface area contributed by atoms with Crippen molar-refractivity contribution >= 4 is 16.9 Å². The highest BCUT2D eigenvalue weighted by atomic mass is 32.2. The van der Waals surface area contributed by atoms with Gasteiger partial charge in [0.05, 0.1) is 5.25 Å².